The van der Waals surface area contributed by atoms with Gasteiger partial charge in [-0.3, -0.25) is 23.9 Å². The van der Waals surface area contributed by atoms with Crippen LogP contribution in [0.3, 0.4) is 0 Å². The van der Waals surface area contributed by atoms with Crippen molar-refractivity contribution >= 4 is 34.8 Å². The summed E-state index contributed by atoms with van der Waals surface area (Å²) in [6.07, 6.45) is 3.17. The molecule has 1 aliphatic heterocycles. The van der Waals surface area contributed by atoms with E-state index in [4.69, 9.17) is 4.74 Å². The van der Waals surface area contributed by atoms with Gasteiger partial charge >= 0.3 is 0 Å². The minimum atomic E-state index is -1.82. The number of β-amino-alcohol motifs (C(OH)–C–C–N with tert-alkyl or cyclic N) is 1. The van der Waals surface area contributed by atoms with Gasteiger partial charge in [-0.05, 0) is 97.3 Å². The largest absolute Gasteiger partial charge is 0.392 e. The lowest BCUT2D eigenvalue weighted by Crippen LogP contribution is -2.57. The van der Waals surface area contributed by atoms with Crippen molar-refractivity contribution in [1.29, 1.82) is 0 Å². The third-order valence-electron chi connectivity index (χ3n) is 14.8. The van der Waals surface area contributed by atoms with Crippen LogP contribution in [0.2, 0.25) is 0 Å². The van der Waals surface area contributed by atoms with Crippen molar-refractivity contribution in [3.63, 3.8) is 0 Å². The van der Waals surface area contributed by atoms with E-state index >= 15 is 0 Å². The molecule has 11 atom stereocenters. The molecule has 66 heavy (non-hydrogen) atoms. The lowest BCUT2D eigenvalue weighted by Gasteiger charge is -2.37. The predicted molar refractivity (Wildman–Crippen MR) is 250 cm³/mol. The molecule has 3 aromatic rings. The van der Waals surface area contributed by atoms with Crippen molar-refractivity contribution < 1.29 is 39.2 Å². The van der Waals surface area contributed by atoms with Gasteiger partial charge in [0.15, 0.2) is 5.78 Å². The number of aliphatic hydroxyl groups is 3. The van der Waals surface area contributed by atoms with Gasteiger partial charge in [-0.1, -0.05) is 83.7 Å². The molecule has 5 N–H and O–H groups in total. The topological polar surface area (TPSA) is 209 Å². The van der Waals surface area contributed by atoms with Crippen LogP contribution >= 0.6 is 11.3 Å². The van der Waals surface area contributed by atoms with E-state index in [2.05, 4.69) is 46.4 Å². The second kappa shape index (κ2) is 19.2. The van der Waals surface area contributed by atoms with Crippen LogP contribution in [-0.4, -0.2) is 106 Å². The summed E-state index contributed by atoms with van der Waals surface area (Å²) in [5, 5.41) is 48.8. The maximum atomic E-state index is 14.2. The Morgan fingerprint density at radius 1 is 1.11 bits per heavy atom. The van der Waals surface area contributed by atoms with Gasteiger partial charge in [0, 0.05) is 25.9 Å². The summed E-state index contributed by atoms with van der Waals surface area (Å²) in [5.74, 6) is -2.19. The molecule has 16 heteroatoms. The third-order valence-corrected chi connectivity index (χ3v) is 15.8. The average Bonchev–Trinajstić information content (AvgIpc) is 3.87. The second-order valence-corrected chi connectivity index (χ2v) is 22.0. The molecule has 7 rings (SSSR count). The van der Waals surface area contributed by atoms with E-state index in [0.717, 1.165) is 33.7 Å². The van der Waals surface area contributed by atoms with E-state index in [1.165, 1.54) is 4.90 Å². The number of likely N-dealkylation sites (tertiary alicyclic amines) is 1. The van der Waals surface area contributed by atoms with Gasteiger partial charge in [0.1, 0.15) is 23.4 Å². The van der Waals surface area contributed by atoms with Gasteiger partial charge in [0.2, 0.25) is 17.7 Å². The van der Waals surface area contributed by atoms with Crippen LogP contribution in [-0.2, 0) is 37.1 Å². The van der Waals surface area contributed by atoms with Crippen LogP contribution < -0.4 is 10.6 Å². The lowest BCUT2D eigenvalue weighted by molar-refractivity contribution is -0.148. The van der Waals surface area contributed by atoms with E-state index in [1.807, 2.05) is 77.4 Å². The number of rotatable bonds is 13. The van der Waals surface area contributed by atoms with E-state index in [9.17, 15) is 34.5 Å². The Morgan fingerprint density at radius 3 is 2.48 bits per heavy atom. The molecule has 0 bridgehead atoms. The molecule has 4 aliphatic rings. The van der Waals surface area contributed by atoms with Crippen molar-refractivity contribution in [2.45, 2.75) is 156 Å². The number of allylic oxidation sites excluding steroid dienone is 1. The summed E-state index contributed by atoms with van der Waals surface area (Å²) in [4.78, 5) is 62.2. The Bertz CT molecular complexity index is 2330. The zero-order chi connectivity index (χ0) is 48.0. The fourth-order valence-corrected chi connectivity index (χ4v) is 11.5. The fraction of sp³-hybridized carbons (Fsp3) is 0.620. The molecule has 0 unspecified atom stereocenters. The number of nitrogens with zero attached hydrogens (tertiary/aromatic N) is 5. The summed E-state index contributed by atoms with van der Waals surface area (Å²) >= 11 is 1.57. The van der Waals surface area contributed by atoms with Crippen LogP contribution in [0.1, 0.15) is 117 Å². The maximum Gasteiger partial charge on any atom is 0.246 e. The number of thiazole rings is 1. The predicted octanol–water partition coefficient (Wildman–Crippen LogP) is 5.63. The van der Waals surface area contributed by atoms with Crippen LogP contribution in [0.5, 0.6) is 0 Å². The number of ketones is 1. The zero-order valence-corrected chi connectivity index (χ0v) is 40.7. The number of ether oxygens (including phenoxy) is 1. The van der Waals surface area contributed by atoms with Gasteiger partial charge in [0.05, 0.1) is 59.2 Å². The van der Waals surface area contributed by atoms with E-state index < -0.39 is 53.2 Å². The normalized spacial score (nSPS) is 30.4. The number of hydrogen-bond acceptors (Lipinski definition) is 12. The maximum absolute atomic E-state index is 14.2. The number of carbonyl (C=O) groups is 4. The fourth-order valence-electron chi connectivity index (χ4n) is 10.7. The first kappa shape index (κ1) is 49.3. The molecule has 3 heterocycles. The van der Waals surface area contributed by atoms with Crippen LogP contribution in [0.25, 0.3) is 10.4 Å². The molecule has 3 amide bonds. The number of amides is 3. The number of nitrogens with one attached hydrogen (secondary N) is 2. The van der Waals surface area contributed by atoms with Gasteiger partial charge in [-0.25, -0.2) is 4.98 Å². The molecule has 3 fully saturated rings. The molecule has 1 saturated heterocycles. The molecule has 0 radical (unpaired) electrons. The van der Waals surface area contributed by atoms with Crippen molar-refractivity contribution in [3.8, 4) is 10.4 Å². The zero-order valence-electron chi connectivity index (χ0n) is 39.9. The number of hydrogen-bond donors (Lipinski definition) is 5. The number of aryl methyl sites for hydroxylation is 2. The monoisotopic (exact) mass is 927 g/mol. The van der Waals surface area contributed by atoms with Gasteiger partial charge < -0.3 is 35.6 Å². The molecule has 2 aromatic heterocycles. The average molecular weight is 928 g/mol. The minimum Gasteiger partial charge on any atom is -0.392 e. The highest BCUT2D eigenvalue weighted by molar-refractivity contribution is 7.13. The first-order valence-electron chi connectivity index (χ1n) is 23.4. The smallest absolute Gasteiger partial charge is 0.246 e. The number of aromatic nitrogens is 4. The highest BCUT2D eigenvalue weighted by atomic mass is 32.1. The summed E-state index contributed by atoms with van der Waals surface area (Å²) in [5.41, 5.74) is 3.94. The van der Waals surface area contributed by atoms with Gasteiger partial charge in [-0.15, -0.1) is 16.4 Å². The Labute approximate surface area is 392 Å². The first-order valence-corrected chi connectivity index (χ1v) is 24.3. The van der Waals surface area contributed by atoms with E-state index in [-0.39, 0.29) is 73.3 Å². The van der Waals surface area contributed by atoms with Crippen molar-refractivity contribution in [2.24, 2.45) is 34.5 Å². The molecular formula is C50H69N7O8S. The number of carbonyl (C=O) groups excluding carboxylic acids is 4. The number of fused-ring (bicyclic) bond motifs is 2. The van der Waals surface area contributed by atoms with Crippen molar-refractivity contribution in [1.82, 2.24) is 35.5 Å². The lowest BCUT2D eigenvalue weighted by atomic mass is 9.77. The van der Waals surface area contributed by atoms with Gasteiger partial charge in [-0.2, -0.15) is 0 Å². The first-order chi connectivity index (χ1) is 31.0. The minimum absolute atomic E-state index is 0.00216. The van der Waals surface area contributed by atoms with E-state index in [0.29, 0.717) is 36.6 Å². The SMILES string of the molecule is C=C1CC[C@H]2[C@@H](/C=C(\C)C(=O)[C@@]3(O)C[C@H](C)[C@H](O)[C@@H]3[C@H]1OCc1cn(CCCC(=O)N[C@H](C(=O)N3C[C@H](O)C[C@H]3C(=O)N[C@H](C)c3ccc(-c4scnc4C)cc3)C(C)(C)C)nn1)C2(C)C. The standard InChI is InChI=1S/C50H69N7O8S/c1-27-13-18-36-37(49(36,9)10)20-28(2)45(61)50(64)22-29(3)41(60)40(50)42(27)65-25-34-23-56(55-54-34)19-11-12-39(59)53-44(48(6,7)8)47(63)57-24-35(58)21-38(57)46(62)52-30(4)32-14-16-33(17-15-32)43-31(5)51-26-66-43/h14-17,20,23,26,29-30,35-38,40-42,44,58,60,64H,1,11-13,18-19,21-22,24-25H2,2-10H3,(H,52,62)(H,53,59)/b28-20+/t29-,30+,35+,36-,37+,38-,40+,41-,42-,44+,50+/m0/s1. The summed E-state index contributed by atoms with van der Waals surface area (Å²) in [6, 6.07) is 5.68. The summed E-state index contributed by atoms with van der Waals surface area (Å²) < 4.78 is 8.07. The Hall–Kier alpha value is -4.61. The number of Topliss-reactive ketones (excluding diaryl/α,β-unsaturated/α-hetero) is 1. The molecule has 358 valence electrons. The van der Waals surface area contributed by atoms with Crippen LogP contribution in [0.4, 0.5) is 0 Å². The third kappa shape index (κ3) is 10.1. The molecule has 1 aromatic carbocycles. The van der Waals surface area contributed by atoms with Crippen molar-refractivity contribution in [2.75, 3.05) is 6.54 Å². The second-order valence-electron chi connectivity index (χ2n) is 21.1. The van der Waals surface area contributed by atoms with Crippen LogP contribution in [0, 0.1) is 41.4 Å². The number of benzene rings is 1. The number of aliphatic hydroxyl groups excluding tert-OH is 2. The van der Waals surface area contributed by atoms with Crippen molar-refractivity contribution in [3.05, 3.63) is 76.7 Å². The van der Waals surface area contributed by atoms with E-state index in [1.54, 1.807) is 29.1 Å². The quantitative estimate of drug-likeness (QED) is 0.133. The highest BCUT2D eigenvalue weighted by Crippen LogP contribution is 2.62. The molecule has 0 spiro atoms. The molecule has 15 nitrogen and oxygen atoms in total. The summed E-state index contributed by atoms with van der Waals surface area (Å²) in [6.45, 7) is 22.1. The highest BCUT2D eigenvalue weighted by Gasteiger charge is 2.61. The van der Waals surface area contributed by atoms with Crippen LogP contribution in [0.15, 0.2) is 59.8 Å². The Morgan fingerprint density at radius 2 is 1.82 bits per heavy atom. The summed E-state index contributed by atoms with van der Waals surface area (Å²) in [7, 11) is 0. The molecule has 3 aliphatic carbocycles. The molecule has 2 saturated carbocycles. The molecular weight excluding hydrogens is 859 g/mol. The Kier molecular flexibility index (Phi) is 14.3. The van der Waals surface area contributed by atoms with Gasteiger partial charge in [0.25, 0.3) is 0 Å². The Balaban J connectivity index is 0.937.